The molecule has 0 bridgehead atoms. The van der Waals surface area contributed by atoms with Crippen molar-refractivity contribution in [1.29, 1.82) is 0 Å². The van der Waals surface area contributed by atoms with Gasteiger partial charge in [0, 0.05) is 13.2 Å². The molecule has 0 radical (unpaired) electrons. The van der Waals surface area contributed by atoms with Crippen LogP contribution in [0.4, 0.5) is 0 Å². The Morgan fingerprint density at radius 1 is 1.08 bits per heavy atom. The molecule has 13 heavy (non-hydrogen) atoms. The molecule has 0 aromatic rings. The second-order valence-corrected chi connectivity index (χ2v) is 3.65. The SMILES string of the molecule is CCCC(CCO)CN(CC)CC. The number of hydrogen-bond acceptors (Lipinski definition) is 2. The Balaban J connectivity index is 3.76. The monoisotopic (exact) mass is 187 g/mol. The molecular formula is C11H25NO. The van der Waals surface area contributed by atoms with Crippen LogP contribution in [0.3, 0.4) is 0 Å². The van der Waals surface area contributed by atoms with Crippen LogP contribution in [0.15, 0.2) is 0 Å². The Morgan fingerprint density at radius 3 is 2.08 bits per heavy atom. The van der Waals surface area contributed by atoms with Crippen LogP contribution < -0.4 is 0 Å². The molecule has 80 valence electrons. The van der Waals surface area contributed by atoms with Crippen molar-refractivity contribution < 1.29 is 5.11 Å². The van der Waals surface area contributed by atoms with Gasteiger partial charge in [0.1, 0.15) is 0 Å². The molecule has 0 aromatic heterocycles. The van der Waals surface area contributed by atoms with Gasteiger partial charge in [-0.15, -0.1) is 0 Å². The Labute approximate surface area is 82.9 Å². The number of aliphatic hydroxyl groups is 1. The normalized spacial score (nSPS) is 13.6. The van der Waals surface area contributed by atoms with Crippen LogP contribution in [0.5, 0.6) is 0 Å². The van der Waals surface area contributed by atoms with Crippen molar-refractivity contribution in [2.45, 2.75) is 40.0 Å². The minimum absolute atomic E-state index is 0.339. The van der Waals surface area contributed by atoms with Gasteiger partial charge in [-0.05, 0) is 31.8 Å². The smallest absolute Gasteiger partial charge is 0.0434 e. The first kappa shape index (κ1) is 12.9. The van der Waals surface area contributed by atoms with Crippen LogP contribution >= 0.6 is 0 Å². The van der Waals surface area contributed by atoms with Crippen molar-refractivity contribution in [1.82, 2.24) is 4.90 Å². The number of nitrogens with zero attached hydrogens (tertiary/aromatic N) is 1. The number of hydrogen-bond donors (Lipinski definition) is 1. The summed E-state index contributed by atoms with van der Waals surface area (Å²) in [6.45, 7) is 10.4. The van der Waals surface area contributed by atoms with Gasteiger partial charge in [-0.2, -0.15) is 0 Å². The van der Waals surface area contributed by atoms with E-state index < -0.39 is 0 Å². The average Bonchev–Trinajstić information content (AvgIpc) is 2.14. The lowest BCUT2D eigenvalue weighted by Crippen LogP contribution is -2.29. The summed E-state index contributed by atoms with van der Waals surface area (Å²) in [6.07, 6.45) is 3.44. The van der Waals surface area contributed by atoms with E-state index >= 15 is 0 Å². The number of rotatable bonds is 8. The summed E-state index contributed by atoms with van der Waals surface area (Å²) >= 11 is 0. The molecule has 0 rings (SSSR count). The minimum atomic E-state index is 0.339. The summed E-state index contributed by atoms with van der Waals surface area (Å²) in [4.78, 5) is 2.44. The lowest BCUT2D eigenvalue weighted by atomic mass is 9.99. The predicted molar refractivity (Wildman–Crippen MR) is 57.9 cm³/mol. The number of aliphatic hydroxyl groups excluding tert-OH is 1. The third kappa shape index (κ3) is 6.05. The van der Waals surface area contributed by atoms with Crippen LogP contribution in [-0.2, 0) is 0 Å². The molecule has 1 unspecified atom stereocenters. The van der Waals surface area contributed by atoms with E-state index in [2.05, 4.69) is 25.7 Å². The molecule has 0 aromatic carbocycles. The van der Waals surface area contributed by atoms with E-state index in [0.29, 0.717) is 12.5 Å². The zero-order chi connectivity index (χ0) is 10.1. The maximum atomic E-state index is 8.90. The molecule has 0 aliphatic heterocycles. The first-order valence-corrected chi connectivity index (χ1v) is 5.61. The van der Waals surface area contributed by atoms with E-state index in [1.165, 1.54) is 12.8 Å². The van der Waals surface area contributed by atoms with Gasteiger partial charge >= 0.3 is 0 Å². The zero-order valence-corrected chi connectivity index (χ0v) is 9.42. The van der Waals surface area contributed by atoms with Gasteiger partial charge in [-0.1, -0.05) is 27.2 Å². The Hall–Kier alpha value is -0.0800. The molecule has 0 amide bonds. The highest BCUT2D eigenvalue weighted by molar-refractivity contribution is 4.64. The molecule has 0 aliphatic carbocycles. The molecule has 1 atom stereocenters. The first-order chi connectivity index (χ1) is 6.28. The highest BCUT2D eigenvalue weighted by Gasteiger charge is 2.10. The quantitative estimate of drug-likeness (QED) is 0.629. The van der Waals surface area contributed by atoms with Crippen molar-refractivity contribution >= 4 is 0 Å². The van der Waals surface area contributed by atoms with Gasteiger partial charge in [0.25, 0.3) is 0 Å². The minimum Gasteiger partial charge on any atom is -0.396 e. The van der Waals surface area contributed by atoms with Crippen molar-refractivity contribution in [3.63, 3.8) is 0 Å². The lowest BCUT2D eigenvalue weighted by molar-refractivity contribution is 0.197. The lowest BCUT2D eigenvalue weighted by Gasteiger charge is -2.24. The molecule has 0 saturated heterocycles. The van der Waals surface area contributed by atoms with E-state index in [9.17, 15) is 0 Å². The van der Waals surface area contributed by atoms with Crippen LogP contribution in [0, 0.1) is 5.92 Å². The molecule has 2 nitrogen and oxygen atoms in total. The summed E-state index contributed by atoms with van der Waals surface area (Å²) in [7, 11) is 0. The van der Waals surface area contributed by atoms with E-state index in [-0.39, 0.29) is 0 Å². The molecule has 0 fully saturated rings. The predicted octanol–water partition coefficient (Wildman–Crippen LogP) is 2.13. The second-order valence-electron chi connectivity index (χ2n) is 3.65. The Kier molecular flexibility index (Phi) is 8.46. The van der Waals surface area contributed by atoms with Gasteiger partial charge in [0.15, 0.2) is 0 Å². The Bertz CT molecular complexity index is 96.3. The first-order valence-electron chi connectivity index (χ1n) is 5.61. The van der Waals surface area contributed by atoms with Crippen molar-refractivity contribution in [2.75, 3.05) is 26.2 Å². The standard InChI is InChI=1S/C11H25NO/c1-4-7-11(8-9-13)10-12(5-2)6-3/h11,13H,4-10H2,1-3H3. The summed E-state index contributed by atoms with van der Waals surface area (Å²) in [5.74, 6) is 0.690. The summed E-state index contributed by atoms with van der Waals surface area (Å²) in [6, 6.07) is 0. The molecule has 1 N–H and O–H groups in total. The van der Waals surface area contributed by atoms with Crippen molar-refractivity contribution in [3.05, 3.63) is 0 Å². The van der Waals surface area contributed by atoms with E-state index in [0.717, 1.165) is 26.1 Å². The van der Waals surface area contributed by atoms with Gasteiger partial charge in [0.05, 0.1) is 0 Å². The van der Waals surface area contributed by atoms with Crippen LogP contribution in [0.2, 0.25) is 0 Å². The largest absolute Gasteiger partial charge is 0.396 e. The van der Waals surface area contributed by atoms with Gasteiger partial charge in [0.2, 0.25) is 0 Å². The molecule has 0 heterocycles. The molecular weight excluding hydrogens is 162 g/mol. The van der Waals surface area contributed by atoms with Crippen molar-refractivity contribution in [2.24, 2.45) is 5.92 Å². The van der Waals surface area contributed by atoms with Gasteiger partial charge in [-0.3, -0.25) is 0 Å². The van der Waals surface area contributed by atoms with E-state index in [1.54, 1.807) is 0 Å². The van der Waals surface area contributed by atoms with Crippen molar-refractivity contribution in [3.8, 4) is 0 Å². The zero-order valence-electron chi connectivity index (χ0n) is 9.42. The van der Waals surface area contributed by atoms with Crippen LogP contribution in [0.25, 0.3) is 0 Å². The molecule has 0 saturated carbocycles. The fourth-order valence-corrected chi connectivity index (χ4v) is 1.76. The highest BCUT2D eigenvalue weighted by atomic mass is 16.3. The van der Waals surface area contributed by atoms with Gasteiger partial charge in [-0.25, -0.2) is 0 Å². The third-order valence-corrected chi connectivity index (χ3v) is 2.65. The fraction of sp³-hybridized carbons (Fsp3) is 1.00. The third-order valence-electron chi connectivity index (χ3n) is 2.65. The molecule has 2 heteroatoms. The second kappa shape index (κ2) is 8.52. The van der Waals surface area contributed by atoms with E-state index in [1.807, 2.05) is 0 Å². The van der Waals surface area contributed by atoms with Crippen LogP contribution in [-0.4, -0.2) is 36.2 Å². The maximum absolute atomic E-state index is 8.90. The fourth-order valence-electron chi connectivity index (χ4n) is 1.76. The summed E-state index contributed by atoms with van der Waals surface area (Å²) < 4.78 is 0. The topological polar surface area (TPSA) is 23.5 Å². The summed E-state index contributed by atoms with van der Waals surface area (Å²) in [5.41, 5.74) is 0. The Morgan fingerprint density at radius 2 is 1.69 bits per heavy atom. The van der Waals surface area contributed by atoms with Gasteiger partial charge < -0.3 is 10.0 Å². The van der Waals surface area contributed by atoms with Crippen LogP contribution in [0.1, 0.15) is 40.0 Å². The van der Waals surface area contributed by atoms with E-state index in [4.69, 9.17) is 5.11 Å². The summed E-state index contributed by atoms with van der Waals surface area (Å²) in [5, 5.41) is 8.90. The molecule has 0 spiro atoms. The molecule has 0 aliphatic rings. The average molecular weight is 187 g/mol. The highest BCUT2D eigenvalue weighted by Crippen LogP contribution is 2.12. The maximum Gasteiger partial charge on any atom is 0.0434 e.